The Bertz CT molecular complexity index is 995. The maximum Gasteiger partial charge on any atom is 0.171 e. The van der Waals surface area contributed by atoms with Crippen LogP contribution in [0.3, 0.4) is 0 Å². The number of aromatic nitrogens is 1. The average molecular weight is 412 g/mol. The van der Waals surface area contributed by atoms with Crippen LogP contribution in [0.4, 0.5) is 5.69 Å². The topological polar surface area (TPSA) is 55.4 Å². The van der Waals surface area contributed by atoms with Crippen molar-refractivity contribution in [1.82, 2.24) is 10.3 Å². The molecule has 2 unspecified atom stereocenters. The molecule has 0 saturated heterocycles. The van der Waals surface area contributed by atoms with Gasteiger partial charge in [-0.05, 0) is 56.7 Å². The Hall–Kier alpha value is -2.50. The molecule has 4 rings (SSSR count). The molecule has 5 nitrogen and oxygen atoms in total. The molecule has 0 amide bonds. The van der Waals surface area contributed by atoms with Crippen LogP contribution in [0.25, 0.3) is 10.9 Å². The van der Waals surface area contributed by atoms with Gasteiger partial charge in [-0.3, -0.25) is 4.98 Å². The number of hydrogen-bond acceptors (Lipinski definition) is 5. The molecular formula is C23H26ClN3O2. The van der Waals surface area contributed by atoms with Crippen LogP contribution in [0.1, 0.15) is 19.0 Å². The number of halogens is 1. The summed E-state index contributed by atoms with van der Waals surface area (Å²) in [6.45, 7) is 6.27. The van der Waals surface area contributed by atoms with Gasteiger partial charge in [0.2, 0.25) is 0 Å². The summed E-state index contributed by atoms with van der Waals surface area (Å²) in [5.74, 6) is 1.58. The highest BCUT2D eigenvalue weighted by molar-refractivity contribution is 6.33. The van der Waals surface area contributed by atoms with Gasteiger partial charge in [0.05, 0.1) is 16.2 Å². The average Bonchev–Trinajstić information content (AvgIpc) is 2.73. The summed E-state index contributed by atoms with van der Waals surface area (Å²) >= 11 is 6.18. The number of aryl methyl sites for hydroxylation is 1. The molecule has 0 spiro atoms. The second-order valence-corrected chi connectivity index (χ2v) is 7.87. The fourth-order valence-electron chi connectivity index (χ4n) is 3.44. The second kappa shape index (κ2) is 8.89. The number of ether oxygens (including phenoxy) is 2. The maximum atomic E-state index is 6.26. The lowest BCUT2D eigenvalue weighted by molar-refractivity contribution is 0.0904. The van der Waals surface area contributed by atoms with Crippen molar-refractivity contribution in [2.45, 2.75) is 32.4 Å². The van der Waals surface area contributed by atoms with Crippen LogP contribution >= 0.6 is 11.6 Å². The van der Waals surface area contributed by atoms with E-state index in [1.54, 1.807) is 0 Å². The Morgan fingerprint density at radius 1 is 1.17 bits per heavy atom. The molecule has 1 aromatic heterocycles. The second-order valence-electron chi connectivity index (χ2n) is 7.47. The highest BCUT2D eigenvalue weighted by atomic mass is 35.5. The van der Waals surface area contributed by atoms with Crippen LogP contribution < -0.4 is 20.1 Å². The van der Waals surface area contributed by atoms with E-state index in [1.807, 2.05) is 49.4 Å². The molecular weight excluding hydrogens is 386 g/mol. The van der Waals surface area contributed by atoms with E-state index >= 15 is 0 Å². The van der Waals surface area contributed by atoms with Gasteiger partial charge >= 0.3 is 0 Å². The van der Waals surface area contributed by atoms with Gasteiger partial charge in [0.15, 0.2) is 11.5 Å². The van der Waals surface area contributed by atoms with E-state index in [0.29, 0.717) is 12.6 Å². The fourth-order valence-corrected chi connectivity index (χ4v) is 3.64. The number of para-hydroxylation sites is 1. The summed E-state index contributed by atoms with van der Waals surface area (Å²) in [5.41, 5.74) is 2.89. The van der Waals surface area contributed by atoms with E-state index in [9.17, 15) is 0 Å². The van der Waals surface area contributed by atoms with E-state index in [0.717, 1.165) is 58.3 Å². The van der Waals surface area contributed by atoms with Crippen molar-refractivity contribution in [3.63, 3.8) is 0 Å². The molecule has 0 radical (unpaired) electrons. The van der Waals surface area contributed by atoms with Gasteiger partial charge in [-0.15, -0.1) is 0 Å². The predicted octanol–water partition coefficient (Wildman–Crippen LogP) is 4.82. The van der Waals surface area contributed by atoms with E-state index in [-0.39, 0.29) is 6.10 Å². The molecule has 2 heterocycles. The van der Waals surface area contributed by atoms with Gasteiger partial charge in [0.1, 0.15) is 12.7 Å². The Labute approximate surface area is 176 Å². The zero-order valence-corrected chi connectivity index (χ0v) is 17.5. The SMILES string of the molecule is Cc1ccc2c3c(ccc2n1)OCC(CNC(C)CCNc1ccccc1Cl)O3. The molecule has 1 aliphatic heterocycles. The van der Waals surface area contributed by atoms with Crippen LogP contribution in [0, 0.1) is 6.92 Å². The molecule has 3 aromatic rings. The summed E-state index contributed by atoms with van der Waals surface area (Å²) in [6, 6.07) is 16.1. The molecule has 2 aromatic carbocycles. The minimum atomic E-state index is -0.0339. The number of nitrogens with one attached hydrogen (secondary N) is 2. The minimum absolute atomic E-state index is 0.0339. The number of benzene rings is 2. The van der Waals surface area contributed by atoms with E-state index in [2.05, 4.69) is 28.6 Å². The first-order valence-electron chi connectivity index (χ1n) is 10.0. The molecule has 0 saturated carbocycles. The smallest absolute Gasteiger partial charge is 0.171 e. The lowest BCUT2D eigenvalue weighted by Gasteiger charge is -2.28. The van der Waals surface area contributed by atoms with Crippen molar-refractivity contribution < 1.29 is 9.47 Å². The quantitative estimate of drug-likeness (QED) is 0.584. The normalized spacial score (nSPS) is 16.6. The molecule has 1 aliphatic rings. The first-order chi connectivity index (χ1) is 14.1. The largest absolute Gasteiger partial charge is 0.486 e. The predicted molar refractivity (Wildman–Crippen MR) is 118 cm³/mol. The molecule has 2 atom stereocenters. The summed E-state index contributed by atoms with van der Waals surface area (Å²) in [7, 11) is 0. The highest BCUT2D eigenvalue weighted by Gasteiger charge is 2.23. The monoisotopic (exact) mass is 411 g/mol. The summed E-state index contributed by atoms with van der Waals surface area (Å²) in [5, 5.41) is 8.67. The number of fused-ring (bicyclic) bond motifs is 3. The van der Waals surface area contributed by atoms with Gasteiger partial charge in [-0.2, -0.15) is 0 Å². The van der Waals surface area contributed by atoms with Crippen molar-refractivity contribution >= 4 is 28.2 Å². The summed E-state index contributed by atoms with van der Waals surface area (Å²) in [4.78, 5) is 4.58. The highest BCUT2D eigenvalue weighted by Crippen LogP contribution is 2.38. The van der Waals surface area contributed by atoms with E-state index in [4.69, 9.17) is 21.1 Å². The minimum Gasteiger partial charge on any atom is -0.486 e. The van der Waals surface area contributed by atoms with E-state index < -0.39 is 0 Å². The molecule has 0 aliphatic carbocycles. The third kappa shape index (κ3) is 4.74. The Morgan fingerprint density at radius 2 is 2.03 bits per heavy atom. The Balaban J connectivity index is 1.29. The third-order valence-corrected chi connectivity index (χ3v) is 5.42. The van der Waals surface area contributed by atoms with Crippen LogP contribution in [0.15, 0.2) is 48.5 Å². The van der Waals surface area contributed by atoms with Crippen molar-refractivity contribution in [1.29, 1.82) is 0 Å². The third-order valence-electron chi connectivity index (χ3n) is 5.09. The number of pyridine rings is 1. The first kappa shape index (κ1) is 19.8. The fraction of sp³-hybridized carbons (Fsp3) is 0.348. The summed E-state index contributed by atoms with van der Waals surface area (Å²) in [6.07, 6.45) is 0.940. The van der Waals surface area contributed by atoms with Gasteiger partial charge in [0.25, 0.3) is 0 Å². The van der Waals surface area contributed by atoms with Crippen LogP contribution in [-0.2, 0) is 0 Å². The lowest BCUT2D eigenvalue weighted by Crippen LogP contribution is -2.42. The maximum absolute atomic E-state index is 6.26. The van der Waals surface area contributed by atoms with Gasteiger partial charge in [-0.25, -0.2) is 0 Å². The molecule has 0 bridgehead atoms. The van der Waals surface area contributed by atoms with Crippen LogP contribution in [0.2, 0.25) is 5.02 Å². The van der Waals surface area contributed by atoms with Gasteiger partial charge < -0.3 is 20.1 Å². The molecule has 6 heteroatoms. The number of rotatable bonds is 7. The van der Waals surface area contributed by atoms with Crippen molar-refractivity contribution in [2.24, 2.45) is 0 Å². The lowest BCUT2D eigenvalue weighted by atomic mass is 10.1. The molecule has 29 heavy (non-hydrogen) atoms. The van der Waals surface area contributed by atoms with Gasteiger partial charge in [-0.1, -0.05) is 23.7 Å². The standard InChI is InChI=1S/C23H26ClN3O2/c1-15(11-12-25-21-6-4-3-5-19(21)24)26-13-17-14-28-22-10-9-20-18(23(22)29-17)8-7-16(2)27-20/h3-10,15,17,25-26H,11-14H2,1-2H3. The number of hydrogen-bond donors (Lipinski definition) is 2. The van der Waals surface area contributed by atoms with Crippen molar-refractivity contribution in [3.8, 4) is 11.5 Å². The van der Waals surface area contributed by atoms with Crippen molar-refractivity contribution in [2.75, 3.05) is 25.0 Å². The number of nitrogens with zero attached hydrogens (tertiary/aromatic N) is 1. The zero-order chi connectivity index (χ0) is 20.2. The molecule has 152 valence electrons. The molecule has 2 N–H and O–H groups in total. The van der Waals surface area contributed by atoms with Gasteiger partial charge in [0, 0.05) is 30.2 Å². The first-order valence-corrected chi connectivity index (χ1v) is 10.4. The Morgan fingerprint density at radius 3 is 2.90 bits per heavy atom. The summed E-state index contributed by atoms with van der Waals surface area (Å²) < 4.78 is 12.2. The van der Waals surface area contributed by atoms with E-state index in [1.165, 1.54) is 0 Å². The Kier molecular flexibility index (Phi) is 6.07. The number of anilines is 1. The zero-order valence-electron chi connectivity index (χ0n) is 16.7. The van der Waals surface area contributed by atoms with Crippen LogP contribution in [-0.4, -0.2) is 36.8 Å². The molecule has 0 fully saturated rings. The van der Waals surface area contributed by atoms with Crippen molar-refractivity contribution in [3.05, 3.63) is 59.2 Å². The van der Waals surface area contributed by atoms with Crippen LogP contribution in [0.5, 0.6) is 11.5 Å².